The summed E-state index contributed by atoms with van der Waals surface area (Å²) in [5.41, 5.74) is 11.6. The Hall–Kier alpha value is -0.914. The fourth-order valence-corrected chi connectivity index (χ4v) is 4.89. The summed E-state index contributed by atoms with van der Waals surface area (Å²) in [5.74, 6) is 0. The van der Waals surface area contributed by atoms with Gasteiger partial charge >= 0.3 is 16.8 Å². The van der Waals surface area contributed by atoms with Crippen molar-refractivity contribution in [2.45, 2.75) is 92.9 Å². The van der Waals surface area contributed by atoms with Gasteiger partial charge in [0.15, 0.2) is 0 Å². The molecule has 0 atom stereocenters. The van der Waals surface area contributed by atoms with E-state index in [1.807, 2.05) is 0 Å². The molecule has 6 heteroatoms. The van der Waals surface area contributed by atoms with Crippen LogP contribution in [-0.2, 0) is 55.3 Å². The monoisotopic (exact) mass is 594 g/mol. The maximum atomic E-state index is 3.77. The first kappa shape index (κ1) is 38.2. The SMILES string of the molecule is CCc1cc(CC)c(NCCCN(C)CCCNc2c(CC)cc(CC)cc2CC)c(CC)c1.[Cl-].[Cl-].[Co+2]. The zero-order chi connectivity index (χ0) is 24.9. The Bertz CT molecular complexity index is 767. The van der Waals surface area contributed by atoms with E-state index in [-0.39, 0.29) is 41.6 Å². The molecular formula is C31H51Cl2CoN3. The van der Waals surface area contributed by atoms with Gasteiger partial charge in [0.2, 0.25) is 0 Å². The second-order valence-electron chi connectivity index (χ2n) is 9.56. The van der Waals surface area contributed by atoms with E-state index in [2.05, 4.69) is 88.4 Å². The third kappa shape index (κ3) is 11.8. The summed E-state index contributed by atoms with van der Waals surface area (Å²) < 4.78 is 0. The third-order valence-electron chi connectivity index (χ3n) is 7.10. The third-order valence-corrected chi connectivity index (χ3v) is 7.10. The summed E-state index contributed by atoms with van der Waals surface area (Å²) in [5, 5.41) is 7.55. The molecule has 0 amide bonds. The van der Waals surface area contributed by atoms with Crippen molar-refractivity contribution in [3.8, 4) is 0 Å². The van der Waals surface area contributed by atoms with Crippen LogP contribution in [0.4, 0.5) is 11.4 Å². The van der Waals surface area contributed by atoms with E-state index >= 15 is 0 Å². The minimum absolute atomic E-state index is 0. The molecule has 0 bridgehead atoms. The Morgan fingerprint density at radius 2 is 0.838 bits per heavy atom. The first-order valence-electron chi connectivity index (χ1n) is 14.0. The van der Waals surface area contributed by atoms with Gasteiger partial charge < -0.3 is 40.3 Å². The molecule has 2 aromatic rings. The predicted octanol–water partition coefficient (Wildman–Crippen LogP) is 1.30. The molecular weight excluding hydrogens is 544 g/mol. The van der Waals surface area contributed by atoms with E-state index in [0.29, 0.717) is 0 Å². The van der Waals surface area contributed by atoms with Gasteiger partial charge in [-0.1, -0.05) is 65.8 Å². The minimum atomic E-state index is 0. The van der Waals surface area contributed by atoms with E-state index in [4.69, 9.17) is 0 Å². The van der Waals surface area contributed by atoms with Crippen molar-refractivity contribution < 1.29 is 41.6 Å². The van der Waals surface area contributed by atoms with Crippen LogP contribution in [0, 0.1) is 0 Å². The Morgan fingerprint density at radius 3 is 1.08 bits per heavy atom. The van der Waals surface area contributed by atoms with Gasteiger partial charge in [-0.2, -0.15) is 0 Å². The average molecular weight is 596 g/mol. The summed E-state index contributed by atoms with van der Waals surface area (Å²) >= 11 is 0. The molecule has 0 spiro atoms. The van der Waals surface area contributed by atoms with E-state index in [1.54, 1.807) is 0 Å². The van der Waals surface area contributed by atoms with Crippen molar-refractivity contribution in [2.75, 3.05) is 43.9 Å². The van der Waals surface area contributed by atoms with Gasteiger partial charge in [-0.05, 0) is 105 Å². The summed E-state index contributed by atoms with van der Waals surface area (Å²) in [6.45, 7) is 17.9. The largest absolute Gasteiger partial charge is 2.00 e. The predicted molar refractivity (Wildman–Crippen MR) is 153 cm³/mol. The fourth-order valence-electron chi connectivity index (χ4n) is 4.89. The standard InChI is InChI=1S/C31H51N3.2ClH.Co/c1-8-24-20-26(10-3)30(27(11-4)21-24)32-16-14-18-34(7)19-15-17-33-31-28(12-5)22-25(9-2)23-29(31)13-6;;;/h20-23,32-33H,8-19H2,1-7H3;2*1H;/q;;;+2/p-2. The maximum absolute atomic E-state index is 3.77. The number of benzene rings is 2. The molecule has 2 N–H and O–H groups in total. The molecule has 0 saturated heterocycles. The van der Waals surface area contributed by atoms with E-state index in [1.165, 1.54) is 57.6 Å². The number of nitrogens with one attached hydrogen (secondary N) is 2. The minimum Gasteiger partial charge on any atom is -1.00 e. The van der Waals surface area contributed by atoms with E-state index < -0.39 is 0 Å². The zero-order valence-electron chi connectivity index (χ0n) is 24.3. The van der Waals surface area contributed by atoms with Gasteiger partial charge in [-0.15, -0.1) is 0 Å². The van der Waals surface area contributed by atoms with Crippen LogP contribution in [0.25, 0.3) is 0 Å². The summed E-state index contributed by atoms with van der Waals surface area (Å²) in [7, 11) is 2.26. The van der Waals surface area contributed by atoms with E-state index in [9.17, 15) is 0 Å². The number of nitrogens with zero attached hydrogens (tertiary/aromatic N) is 1. The van der Waals surface area contributed by atoms with Gasteiger partial charge in [0.25, 0.3) is 0 Å². The van der Waals surface area contributed by atoms with Gasteiger partial charge in [-0.3, -0.25) is 0 Å². The molecule has 0 aliphatic heterocycles. The van der Waals surface area contributed by atoms with Crippen LogP contribution in [0.2, 0.25) is 0 Å². The number of halogens is 2. The molecule has 2 rings (SSSR count). The number of hydrogen-bond donors (Lipinski definition) is 2. The van der Waals surface area contributed by atoms with Gasteiger partial charge in [0.1, 0.15) is 0 Å². The Kier molecular flexibility index (Phi) is 21.7. The van der Waals surface area contributed by atoms with Crippen LogP contribution in [0.15, 0.2) is 24.3 Å². The Morgan fingerprint density at radius 1 is 0.541 bits per heavy atom. The Balaban J connectivity index is 0. The molecule has 1 radical (unpaired) electrons. The second-order valence-corrected chi connectivity index (χ2v) is 9.56. The smallest absolute Gasteiger partial charge is 1.00 e. The van der Waals surface area contributed by atoms with Crippen LogP contribution in [0.3, 0.4) is 0 Å². The molecule has 2 aromatic carbocycles. The summed E-state index contributed by atoms with van der Waals surface area (Å²) in [4.78, 5) is 2.48. The fraction of sp³-hybridized carbons (Fsp3) is 0.613. The van der Waals surface area contributed by atoms with Crippen LogP contribution in [0.5, 0.6) is 0 Å². The van der Waals surface area contributed by atoms with Gasteiger partial charge in [0, 0.05) is 24.5 Å². The van der Waals surface area contributed by atoms with Crippen molar-refractivity contribution in [3.63, 3.8) is 0 Å². The van der Waals surface area contributed by atoms with Crippen molar-refractivity contribution in [2.24, 2.45) is 0 Å². The molecule has 0 aromatic heterocycles. The first-order chi connectivity index (χ1) is 16.5. The van der Waals surface area contributed by atoms with Crippen molar-refractivity contribution in [3.05, 3.63) is 57.6 Å². The summed E-state index contributed by atoms with van der Waals surface area (Å²) in [6.07, 6.45) is 8.95. The molecule has 213 valence electrons. The normalized spacial score (nSPS) is 10.4. The number of anilines is 2. The molecule has 0 fully saturated rings. The topological polar surface area (TPSA) is 27.3 Å². The number of hydrogen-bond acceptors (Lipinski definition) is 3. The van der Waals surface area contributed by atoms with Crippen LogP contribution >= 0.6 is 0 Å². The van der Waals surface area contributed by atoms with Gasteiger partial charge in [-0.25, -0.2) is 0 Å². The van der Waals surface area contributed by atoms with Crippen molar-refractivity contribution >= 4 is 11.4 Å². The van der Waals surface area contributed by atoms with Crippen molar-refractivity contribution in [1.82, 2.24) is 4.90 Å². The quantitative estimate of drug-likeness (QED) is 0.287. The van der Waals surface area contributed by atoms with Crippen LogP contribution < -0.4 is 35.4 Å². The number of aryl methyl sites for hydroxylation is 6. The van der Waals surface area contributed by atoms with Gasteiger partial charge in [0.05, 0.1) is 0 Å². The summed E-state index contributed by atoms with van der Waals surface area (Å²) in [6, 6.07) is 9.57. The molecule has 37 heavy (non-hydrogen) atoms. The molecule has 0 unspecified atom stereocenters. The molecule has 0 saturated carbocycles. The molecule has 0 aliphatic rings. The molecule has 3 nitrogen and oxygen atoms in total. The zero-order valence-corrected chi connectivity index (χ0v) is 26.9. The average Bonchev–Trinajstić information content (AvgIpc) is 2.88. The Labute approximate surface area is 251 Å². The number of rotatable bonds is 16. The molecule has 0 aliphatic carbocycles. The maximum Gasteiger partial charge on any atom is 2.00 e. The van der Waals surface area contributed by atoms with E-state index in [0.717, 1.165) is 64.7 Å². The van der Waals surface area contributed by atoms with Crippen LogP contribution in [0.1, 0.15) is 87.8 Å². The van der Waals surface area contributed by atoms with Crippen molar-refractivity contribution in [1.29, 1.82) is 0 Å². The molecule has 0 heterocycles. The first-order valence-corrected chi connectivity index (χ1v) is 14.0. The van der Waals surface area contributed by atoms with Crippen LogP contribution in [-0.4, -0.2) is 38.1 Å². The second kappa shape index (κ2) is 21.0.